The Labute approximate surface area is 150 Å². The molecule has 1 amide bonds. The lowest BCUT2D eigenvalue weighted by molar-refractivity contribution is -0.115. The van der Waals surface area contributed by atoms with Crippen LogP contribution in [0.2, 0.25) is 10.0 Å². The SMILES string of the molecule is Cc1cc(NC(=O)Cc2c(Cl)cccc2Cl)n(-c2ccccc2)n1. The molecule has 2 aromatic carbocycles. The molecule has 0 aliphatic rings. The summed E-state index contributed by atoms with van der Waals surface area (Å²) in [7, 11) is 0. The number of aromatic nitrogens is 2. The molecule has 0 saturated carbocycles. The Kier molecular flexibility index (Phi) is 4.88. The Bertz CT molecular complexity index is 855. The normalized spacial score (nSPS) is 10.6. The number of benzene rings is 2. The highest BCUT2D eigenvalue weighted by atomic mass is 35.5. The number of rotatable bonds is 4. The number of aryl methyl sites for hydroxylation is 1. The lowest BCUT2D eigenvalue weighted by Crippen LogP contribution is -2.17. The molecule has 0 unspecified atom stereocenters. The van der Waals surface area contributed by atoms with E-state index >= 15 is 0 Å². The molecular formula is C18H15Cl2N3O. The monoisotopic (exact) mass is 359 g/mol. The van der Waals surface area contributed by atoms with Crippen molar-refractivity contribution in [3.63, 3.8) is 0 Å². The van der Waals surface area contributed by atoms with Crippen LogP contribution in [0.5, 0.6) is 0 Å². The Hall–Kier alpha value is -2.30. The zero-order chi connectivity index (χ0) is 17.1. The Morgan fingerprint density at radius 2 is 1.75 bits per heavy atom. The molecule has 1 aromatic heterocycles. The highest BCUT2D eigenvalue weighted by molar-refractivity contribution is 6.36. The van der Waals surface area contributed by atoms with E-state index in [1.165, 1.54) is 0 Å². The first-order chi connectivity index (χ1) is 11.5. The van der Waals surface area contributed by atoms with Crippen molar-refractivity contribution in [1.29, 1.82) is 0 Å². The standard InChI is InChI=1S/C18H15Cl2N3O/c1-12-10-17(23(22-12)13-6-3-2-4-7-13)21-18(24)11-14-15(19)8-5-9-16(14)20/h2-10H,11H2,1H3,(H,21,24). The minimum atomic E-state index is -0.206. The van der Waals surface area contributed by atoms with Crippen LogP contribution in [0, 0.1) is 6.92 Å². The van der Waals surface area contributed by atoms with Gasteiger partial charge in [0.15, 0.2) is 0 Å². The van der Waals surface area contributed by atoms with Crippen molar-refractivity contribution < 1.29 is 4.79 Å². The third kappa shape index (κ3) is 3.61. The van der Waals surface area contributed by atoms with Gasteiger partial charge in [-0.2, -0.15) is 5.10 Å². The van der Waals surface area contributed by atoms with Gasteiger partial charge < -0.3 is 5.32 Å². The average molecular weight is 360 g/mol. The maximum absolute atomic E-state index is 12.4. The quantitative estimate of drug-likeness (QED) is 0.735. The summed E-state index contributed by atoms with van der Waals surface area (Å²) in [6.45, 7) is 1.88. The van der Waals surface area contributed by atoms with Crippen molar-refractivity contribution in [2.24, 2.45) is 0 Å². The molecule has 0 saturated heterocycles. The van der Waals surface area contributed by atoms with Gasteiger partial charge in [-0.05, 0) is 36.8 Å². The predicted molar refractivity (Wildman–Crippen MR) is 97.1 cm³/mol. The molecule has 3 aromatic rings. The van der Waals surface area contributed by atoms with E-state index < -0.39 is 0 Å². The number of carbonyl (C=O) groups is 1. The first-order valence-electron chi connectivity index (χ1n) is 7.39. The molecule has 122 valence electrons. The summed E-state index contributed by atoms with van der Waals surface area (Å²) in [6.07, 6.45) is 0.0948. The number of amides is 1. The number of anilines is 1. The van der Waals surface area contributed by atoms with Crippen molar-refractivity contribution in [2.45, 2.75) is 13.3 Å². The second kappa shape index (κ2) is 7.07. The predicted octanol–water partition coefficient (Wildman–Crippen LogP) is 4.67. The molecule has 0 aliphatic heterocycles. The fraction of sp³-hybridized carbons (Fsp3) is 0.111. The number of halogens is 2. The Balaban J connectivity index is 1.83. The summed E-state index contributed by atoms with van der Waals surface area (Å²) in [4.78, 5) is 12.4. The summed E-state index contributed by atoms with van der Waals surface area (Å²) in [5, 5.41) is 8.26. The molecular weight excluding hydrogens is 345 g/mol. The first-order valence-corrected chi connectivity index (χ1v) is 8.15. The Morgan fingerprint density at radius 3 is 2.42 bits per heavy atom. The number of nitrogens with zero attached hydrogens (tertiary/aromatic N) is 2. The molecule has 24 heavy (non-hydrogen) atoms. The molecule has 6 heteroatoms. The second-order valence-electron chi connectivity index (χ2n) is 5.34. The zero-order valence-electron chi connectivity index (χ0n) is 13.0. The summed E-state index contributed by atoms with van der Waals surface area (Å²) in [5.41, 5.74) is 2.29. The fourth-order valence-corrected chi connectivity index (χ4v) is 2.93. The van der Waals surface area contributed by atoms with E-state index in [-0.39, 0.29) is 12.3 Å². The van der Waals surface area contributed by atoms with Gasteiger partial charge in [-0.25, -0.2) is 4.68 Å². The van der Waals surface area contributed by atoms with E-state index in [0.29, 0.717) is 21.4 Å². The maximum atomic E-state index is 12.4. The molecule has 0 aliphatic carbocycles. The van der Waals surface area contributed by atoms with Crippen LogP contribution in [0.3, 0.4) is 0 Å². The van der Waals surface area contributed by atoms with E-state index in [0.717, 1.165) is 11.4 Å². The van der Waals surface area contributed by atoms with E-state index in [2.05, 4.69) is 10.4 Å². The molecule has 1 N–H and O–H groups in total. The summed E-state index contributed by atoms with van der Waals surface area (Å²) in [6, 6.07) is 16.6. The molecule has 0 atom stereocenters. The first kappa shape index (κ1) is 16.6. The van der Waals surface area contributed by atoms with Gasteiger partial charge in [-0.1, -0.05) is 47.5 Å². The van der Waals surface area contributed by atoms with Crippen LogP contribution in [0.25, 0.3) is 5.69 Å². The van der Waals surface area contributed by atoms with Crippen molar-refractivity contribution in [3.8, 4) is 5.69 Å². The Morgan fingerprint density at radius 1 is 1.08 bits per heavy atom. The average Bonchev–Trinajstić information content (AvgIpc) is 2.92. The molecule has 1 heterocycles. The fourth-order valence-electron chi connectivity index (χ4n) is 2.40. The van der Waals surface area contributed by atoms with Crippen molar-refractivity contribution in [1.82, 2.24) is 9.78 Å². The lowest BCUT2D eigenvalue weighted by atomic mass is 10.1. The summed E-state index contributed by atoms with van der Waals surface area (Å²) < 4.78 is 1.70. The van der Waals surface area contributed by atoms with Crippen LogP contribution in [0.15, 0.2) is 54.6 Å². The van der Waals surface area contributed by atoms with Crippen molar-refractivity contribution >= 4 is 34.9 Å². The number of hydrogen-bond acceptors (Lipinski definition) is 2. The molecule has 0 fully saturated rings. The zero-order valence-corrected chi connectivity index (χ0v) is 14.5. The van der Waals surface area contributed by atoms with Crippen LogP contribution in [-0.2, 0) is 11.2 Å². The lowest BCUT2D eigenvalue weighted by Gasteiger charge is -2.10. The van der Waals surface area contributed by atoms with Crippen LogP contribution < -0.4 is 5.32 Å². The van der Waals surface area contributed by atoms with E-state index in [1.807, 2.05) is 43.3 Å². The van der Waals surface area contributed by atoms with Gasteiger partial charge in [-0.3, -0.25) is 4.79 Å². The van der Waals surface area contributed by atoms with E-state index in [9.17, 15) is 4.79 Å². The van der Waals surface area contributed by atoms with E-state index in [4.69, 9.17) is 23.2 Å². The highest BCUT2D eigenvalue weighted by Gasteiger charge is 2.14. The topological polar surface area (TPSA) is 46.9 Å². The number of carbonyl (C=O) groups excluding carboxylic acids is 1. The van der Waals surface area contributed by atoms with Crippen LogP contribution in [0.4, 0.5) is 5.82 Å². The summed E-state index contributed by atoms with van der Waals surface area (Å²) >= 11 is 12.3. The van der Waals surface area contributed by atoms with Gasteiger partial charge in [0.2, 0.25) is 5.91 Å². The number of hydrogen-bond donors (Lipinski definition) is 1. The largest absolute Gasteiger partial charge is 0.310 e. The molecule has 0 bridgehead atoms. The van der Waals surface area contributed by atoms with Crippen molar-refractivity contribution in [2.75, 3.05) is 5.32 Å². The smallest absolute Gasteiger partial charge is 0.230 e. The second-order valence-corrected chi connectivity index (χ2v) is 6.16. The van der Waals surface area contributed by atoms with Gasteiger partial charge >= 0.3 is 0 Å². The van der Waals surface area contributed by atoms with Crippen LogP contribution in [0.1, 0.15) is 11.3 Å². The van der Waals surface area contributed by atoms with Gasteiger partial charge in [0.05, 0.1) is 17.8 Å². The molecule has 0 spiro atoms. The van der Waals surface area contributed by atoms with Gasteiger partial charge in [0.1, 0.15) is 5.82 Å². The van der Waals surface area contributed by atoms with Gasteiger partial charge in [-0.15, -0.1) is 0 Å². The number of para-hydroxylation sites is 1. The molecule has 3 rings (SSSR count). The van der Waals surface area contributed by atoms with Crippen LogP contribution in [-0.4, -0.2) is 15.7 Å². The third-order valence-corrected chi connectivity index (χ3v) is 4.21. The molecule has 4 nitrogen and oxygen atoms in total. The molecule has 0 radical (unpaired) electrons. The minimum Gasteiger partial charge on any atom is -0.310 e. The highest BCUT2D eigenvalue weighted by Crippen LogP contribution is 2.25. The minimum absolute atomic E-state index is 0.0948. The summed E-state index contributed by atoms with van der Waals surface area (Å²) in [5.74, 6) is 0.397. The van der Waals surface area contributed by atoms with Crippen molar-refractivity contribution in [3.05, 3.63) is 75.9 Å². The number of nitrogens with one attached hydrogen (secondary N) is 1. The third-order valence-electron chi connectivity index (χ3n) is 3.50. The van der Waals surface area contributed by atoms with E-state index in [1.54, 1.807) is 22.9 Å². The van der Waals surface area contributed by atoms with Gasteiger partial charge in [0.25, 0.3) is 0 Å². The van der Waals surface area contributed by atoms with Gasteiger partial charge in [0, 0.05) is 16.1 Å². The van der Waals surface area contributed by atoms with Crippen LogP contribution >= 0.6 is 23.2 Å². The maximum Gasteiger partial charge on any atom is 0.230 e.